The summed E-state index contributed by atoms with van der Waals surface area (Å²) in [6, 6.07) is 15.8. The molecular formula is C22H27N3O4S. The topological polar surface area (TPSA) is 89.4 Å². The fraction of sp³-hybridized carbons (Fsp3) is 0.318. The summed E-state index contributed by atoms with van der Waals surface area (Å²) < 4.78 is 34.3. The van der Waals surface area contributed by atoms with Gasteiger partial charge in [-0.05, 0) is 55.1 Å². The number of carbonyl (C=O) groups is 1. The molecule has 0 aliphatic heterocycles. The van der Waals surface area contributed by atoms with Gasteiger partial charge in [0.15, 0.2) is 0 Å². The molecule has 1 atom stereocenters. The van der Waals surface area contributed by atoms with Gasteiger partial charge in [-0.2, -0.15) is 0 Å². The molecule has 3 rings (SSSR count). The number of nitrogens with one attached hydrogen (secondary N) is 2. The second-order valence-electron chi connectivity index (χ2n) is 7.18. The normalized spacial score (nSPS) is 12.7. The number of aryl methyl sites for hydroxylation is 1. The van der Waals surface area contributed by atoms with Gasteiger partial charge in [0.05, 0.1) is 11.5 Å². The Morgan fingerprint density at radius 3 is 2.57 bits per heavy atom. The summed E-state index contributed by atoms with van der Waals surface area (Å²) >= 11 is 0. The lowest BCUT2D eigenvalue weighted by molar-refractivity contribution is 0.0952. The zero-order valence-corrected chi connectivity index (χ0v) is 18.0. The number of sulfonamides is 1. The first-order chi connectivity index (χ1) is 14.4. The number of fused-ring (bicyclic) bond motifs is 1. The Morgan fingerprint density at radius 1 is 1.10 bits per heavy atom. The summed E-state index contributed by atoms with van der Waals surface area (Å²) in [6.45, 7) is 3.33. The van der Waals surface area contributed by atoms with Crippen LogP contribution in [0.25, 0.3) is 10.9 Å². The van der Waals surface area contributed by atoms with Crippen molar-refractivity contribution < 1.29 is 17.9 Å². The minimum Gasteiger partial charge on any atom is -0.383 e. The van der Waals surface area contributed by atoms with E-state index in [1.54, 1.807) is 6.92 Å². The van der Waals surface area contributed by atoms with E-state index in [0.29, 0.717) is 12.1 Å². The minimum absolute atomic E-state index is 0.112. The van der Waals surface area contributed by atoms with Crippen LogP contribution in [0.2, 0.25) is 0 Å². The lowest BCUT2D eigenvalue weighted by Crippen LogP contribution is -2.35. The Kier molecular flexibility index (Phi) is 7.25. The number of benzene rings is 2. The molecule has 0 saturated carbocycles. The Balaban J connectivity index is 1.51. The first kappa shape index (κ1) is 22.0. The number of hydrogen-bond acceptors (Lipinski definition) is 4. The summed E-state index contributed by atoms with van der Waals surface area (Å²) in [7, 11) is -2.14. The molecular weight excluding hydrogens is 402 g/mol. The van der Waals surface area contributed by atoms with Gasteiger partial charge in [-0.3, -0.25) is 4.79 Å². The number of para-hydroxylation sites is 1. The molecule has 1 heterocycles. The zero-order valence-electron chi connectivity index (χ0n) is 17.2. The Hall–Kier alpha value is -2.68. The number of ether oxygens (including phenoxy) is 1. The van der Waals surface area contributed by atoms with Gasteiger partial charge >= 0.3 is 0 Å². The fourth-order valence-corrected chi connectivity index (χ4v) is 4.52. The van der Waals surface area contributed by atoms with E-state index < -0.39 is 10.0 Å². The van der Waals surface area contributed by atoms with Gasteiger partial charge in [0, 0.05) is 43.5 Å². The van der Waals surface area contributed by atoms with Crippen LogP contribution < -0.4 is 10.0 Å². The molecule has 0 fully saturated rings. The van der Waals surface area contributed by atoms with Crippen molar-refractivity contribution in [3.05, 3.63) is 66.4 Å². The lowest BCUT2D eigenvalue weighted by Gasteiger charge is -2.13. The van der Waals surface area contributed by atoms with Crippen LogP contribution in [0, 0.1) is 0 Å². The molecule has 160 valence electrons. The van der Waals surface area contributed by atoms with Crippen molar-refractivity contribution in [2.75, 3.05) is 20.3 Å². The zero-order chi connectivity index (χ0) is 21.6. The largest absolute Gasteiger partial charge is 0.383 e. The number of amides is 1. The third kappa shape index (κ3) is 5.47. The van der Waals surface area contributed by atoms with E-state index in [0.717, 1.165) is 13.0 Å². The second kappa shape index (κ2) is 9.88. The smallest absolute Gasteiger partial charge is 0.251 e. The SMILES string of the molecule is COC[C@@H](C)NS(=O)(=O)c1ccc(C(=O)NCCCn2ccc3ccccc32)cc1. The molecule has 0 spiro atoms. The van der Waals surface area contributed by atoms with Crippen LogP contribution in [-0.2, 0) is 21.3 Å². The van der Waals surface area contributed by atoms with Gasteiger partial charge in [0.2, 0.25) is 10.0 Å². The predicted octanol–water partition coefficient (Wildman–Crippen LogP) is 2.77. The van der Waals surface area contributed by atoms with Crippen LogP contribution in [0.5, 0.6) is 0 Å². The van der Waals surface area contributed by atoms with Crippen molar-refractivity contribution >= 4 is 26.8 Å². The maximum absolute atomic E-state index is 12.3. The van der Waals surface area contributed by atoms with Crippen LogP contribution in [0.15, 0.2) is 65.7 Å². The summed E-state index contributed by atoms with van der Waals surface area (Å²) in [5.74, 6) is -0.225. The number of rotatable bonds is 10. The monoisotopic (exact) mass is 429 g/mol. The van der Waals surface area contributed by atoms with Crippen LogP contribution in [0.1, 0.15) is 23.7 Å². The molecule has 0 unspecified atom stereocenters. The van der Waals surface area contributed by atoms with Gasteiger partial charge in [-0.1, -0.05) is 18.2 Å². The second-order valence-corrected chi connectivity index (χ2v) is 8.89. The summed E-state index contributed by atoms with van der Waals surface area (Å²) in [5, 5.41) is 4.08. The maximum Gasteiger partial charge on any atom is 0.251 e. The summed E-state index contributed by atoms with van der Waals surface area (Å²) in [6.07, 6.45) is 2.84. The standard InChI is InChI=1S/C22H27N3O4S/c1-17(16-29-2)24-30(27,28)20-10-8-19(9-11-20)22(26)23-13-5-14-25-15-12-18-6-3-4-7-21(18)25/h3-4,6-12,15,17,24H,5,13-14,16H2,1-2H3,(H,23,26)/t17-/m1/s1. The Labute approximate surface area is 177 Å². The van der Waals surface area contributed by atoms with E-state index in [9.17, 15) is 13.2 Å². The third-order valence-corrected chi connectivity index (χ3v) is 6.35. The molecule has 1 aromatic heterocycles. The quantitative estimate of drug-likeness (QED) is 0.485. The van der Waals surface area contributed by atoms with E-state index in [2.05, 4.69) is 32.8 Å². The molecule has 2 N–H and O–H groups in total. The average molecular weight is 430 g/mol. The first-order valence-electron chi connectivity index (χ1n) is 9.84. The van der Waals surface area contributed by atoms with E-state index >= 15 is 0 Å². The molecule has 0 radical (unpaired) electrons. The first-order valence-corrected chi connectivity index (χ1v) is 11.3. The van der Waals surface area contributed by atoms with Gasteiger partial charge in [0.1, 0.15) is 0 Å². The summed E-state index contributed by atoms with van der Waals surface area (Å²) in [4.78, 5) is 12.5. The number of aromatic nitrogens is 1. The molecule has 0 aliphatic carbocycles. The highest BCUT2D eigenvalue weighted by atomic mass is 32.2. The van der Waals surface area contributed by atoms with Gasteiger partial charge in [0.25, 0.3) is 5.91 Å². The van der Waals surface area contributed by atoms with E-state index in [1.165, 1.54) is 42.3 Å². The van der Waals surface area contributed by atoms with Gasteiger partial charge in [-0.15, -0.1) is 0 Å². The molecule has 0 aliphatic rings. The molecule has 0 bridgehead atoms. The van der Waals surface area contributed by atoms with E-state index in [-0.39, 0.29) is 23.5 Å². The average Bonchev–Trinajstić information content (AvgIpc) is 3.14. The predicted molar refractivity (Wildman–Crippen MR) is 117 cm³/mol. The van der Waals surface area contributed by atoms with Crippen molar-refractivity contribution in [3.63, 3.8) is 0 Å². The van der Waals surface area contributed by atoms with Gasteiger partial charge < -0.3 is 14.6 Å². The highest BCUT2D eigenvalue weighted by molar-refractivity contribution is 7.89. The Morgan fingerprint density at radius 2 is 1.83 bits per heavy atom. The molecule has 2 aromatic carbocycles. The minimum atomic E-state index is -3.65. The number of hydrogen-bond donors (Lipinski definition) is 2. The van der Waals surface area contributed by atoms with Crippen molar-refractivity contribution in [1.82, 2.24) is 14.6 Å². The molecule has 0 saturated heterocycles. The van der Waals surface area contributed by atoms with Crippen molar-refractivity contribution in [2.24, 2.45) is 0 Å². The van der Waals surface area contributed by atoms with Crippen molar-refractivity contribution in [3.8, 4) is 0 Å². The van der Waals surface area contributed by atoms with E-state index in [4.69, 9.17) is 4.74 Å². The molecule has 30 heavy (non-hydrogen) atoms. The van der Waals surface area contributed by atoms with Crippen LogP contribution in [0.4, 0.5) is 0 Å². The number of nitrogens with zero attached hydrogens (tertiary/aromatic N) is 1. The third-order valence-electron chi connectivity index (χ3n) is 4.74. The van der Waals surface area contributed by atoms with Crippen molar-refractivity contribution in [2.45, 2.75) is 30.8 Å². The molecule has 1 amide bonds. The highest BCUT2D eigenvalue weighted by Gasteiger charge is 2.17. The highest BCUT2D eigenvalue weighted by Crippen LogP contribution is 2.15. The van der Waals surface area contributed by atoms with Crippen LogP contribution >= 0.6 is 0 Å². The lowest BCUT2D eigenvalue weighted by atomic mass is 10.2. The molecule has 8 heteroatoms. The molecule has 3 aromatic rings. The van der Waals surface area contributed by atoms with Crippen molar-refractivity contribution in [1.29, 1.82) is 0 Å². The maximum atomic E-state index is 12.3. The summed E-state index contributed by atoms with van der Waals surface area (Å²) in [5.41, 5.74) is 1.60. The fourth-order valence-electron chi connectivity index (χ4n) is 3.29. The molecule has 7 nitrogen and oxygen atoms in total. The Bertz CT molecular complexity index is 1090. The number of carbonyl (C=O) groups excluding carboxylic acids is 1. The van der Waals surface area contributed by atoms with E-state index in [1.807, 2.05) is 18.3 Å². The van der Waals surface area contributed by atoms with Crippen LogP contribution in [-0.4, -0.2) is 45.2 Å². The van der Waals surface area contributed by atoms with Crippen LogP contribution in [0.3, 0.4) is 0 Å². The van der Waals surface area contributed by atoms with Gasteiger partial charge in [-0.25, -0.2) is 13.1 Å². The number of methoxy groups -OCH3 is 1.